The Morgan fingerprint density at radius 1 is 1.31 bits per heavy atom. The highest BCUT2D eigenvalue weighted by molar-refractivity contribution is 7.91. The second-order valence-electron chi connectivity index (χ2n) is 6.39. The van der Waals surface area contributed by atoms with E-state index in [9.17, 15) is 13.2 Å². The van der Waals surface area contributed by atoms with Gasteiger partial charge >= 0.3 is 0 Å². The molecule has 3 rings (SSSR count). The third kappa shape index (κ3) is 4.56. The molecule has 1 atom stereocenters. The van der Waals surface area contributed by atoms with Crippen molar-refractivity contribution in [2.24, 2.45) is 0 Å². The van der Waals surface area contributed by atoms with Crippen LogP contribution in [0, 0.1) is 6.92 Å². The summed E-state index contributed by atoms with van der Waals surface area (Å²) in [7, 11) is -3.10. The van der Waals surface area contributed by atoms with Crippen molar-refractivity contribution in [2.45, 2.75) is 25.9 Å². The summed E-state index contributed by atoms with van der Waals surface area (Å²) in [6.07, 6.45) is 3.52. The number of aryl methyl sites for hydroxylation is 1. The summed E-state index contributed by atoms with van der Waals surface area (Å²) < 4.78 is 29.3. The van der Waals surface area contributed by atoms with Gasteiger partial charge in [0.1, 0.15) is 11.5 Å². The highest BCUT2D eigenvalue weighted by atomic mass is 35.5. The van der Waals surface area contributed by atoms with E-state index in [0.29, 0.717) is 17.2 Å². The summed E-state index contributed by atoms with van der Waals surface area (Å²) in [5.74, 6) is 1.20. The molecule has 1 amide bonds. The van der Waals surface area contributed by atoms with Crippen molar-refractivity contribution in [2.75, 3.05) is 11.5 Å². The first-order valence-corrected chi connectivity index (χ1v) is 10.5. The van der Waals surface area contributed by atoms with Gasteiger partial charge < -0.3 is 9.32 Å². The summed E-state index contributed by atoms with van der Waals surface area (Å²) in [6, 6.07) is 10.5. The van der Waals surface area contributed by atoms with Gasteiger partial charge in [-0.2, -0.15) is 0 Å². The van der Waals surface area contributed by atoms with Crippen molar-refractivity contribution in [3.63, 3.8) is 0 Å². The summed E-state index contributed by atoms with van der Waals surface area (Å²) >= 11 is 6.11. The number of carbonyl (C=O) groups excluding carboxylic acids is 1. The van der Waals surface area contributed by atoms with Gasteiger partial charge in [0.15, 0.2) is 9.84 Å². The van der Waals surface area contributed by atoms with Gasteiger partial charge in [-0.3, -0.25) is 4.79 Å². The molecular formula is C19H20ClNO4S. The SMILES string of the molecule is Cc1ccc(CN(C(=O)/C=C/c2ccccc2Cl)C2CCS(=O)(=O)C2)o1. The standard InChI is InChI=1S/C19H20ClNO4S/c1-14-6-8-17(25-14)12-21(16-10-11-26(23,24)13-16)19(22)9-7-15-4-2-3-5-18(15)20/h2-9,16H,10-13H2,1H3/b9-7+. The predicted octanol–water partition coefficient (Wildman–Crippen LogP) is 3.47. The van der Waals surface area contributed by atoms with Crippen molar-refractivity contribution < 1.29 is 17.6 Å². The molecule has 0 spiro atoms. The van der Waals surface area contributed by atoms with E-state index in [1.54, 1.807) is 23.1 Å². The lowest BCUT2D eigenvalue weighted by Crippen LogP contribution is -2.39. The van der Waals surface area contributed by atoms with Gasteiger partial charge in [-0.15, -0.1) is 0 Å². The van der Waals surface area contributed by atoms with Crippen LogP contribution in [-0.2, 0) is 21.2 Å². The van der Waals surface area contributed by atoms with Crippen molar-refractivity contribution in [1.29, 1.82) is 0 Å². The summed E-state index contributed by atoms with van der Waals surface area (Å²) in [5.41, 5.74) is 0.732. The molecule has 0 N–H and O–H groups in total. The molecule has 138 valence electrons. The Kier molecular flexibility index (Phi) is 5.53. The molecule has 1 unspecified atom stereocenters. The fourth-order valence-corrected chi connectivity index (χ4v) is 4.94. The lowest BCUT2D eigenvalue weighted by molar-refractivity contribution is -0.128. The van der Waals surface area contributed by atoms with Crippen LogP contribution in [0.15, 0.2) is 46.9 Å². The fourth-order valence-electron chi connectivity index (χ4n) is 3.01. The van der Waals surface area contributed by atoms with Crippen LogP contribution in [0.4, 0.5) is 0 Å². The number of benzene rings is 1. The Hall–Kier alpha value is -2.05. The van der Waals surface area contributed by atoms with E-state index in [4.69, 9.17) is 16.0 Å². The minimum atomic E-state index is -3.10. The van der Waals surface area contributed by atoms with E-state index in [-0.39, 0.29) is 30.0 Å². The third-order valence-electron chi connectivity index (χ3n) is 4.37. The highest BCUT2D eigenvalue weighted by Gasteiger charge is 2.34. The van der Waals surface area contributed by atoms with Crippen LogP contribution in [0.1, 0.15) is 23.5 Å². The van der Waals surface area contributed by atoms with E-state index < -0.39 is 9.84 Å². The molecule has 1 aromatic heterocycles. The molecule has 1 aromatic carbocycles. The molecule has 5 nitrogen and oxygen atoms in total. The van der Waals surface area contributed by atoms with E-state index in [2.05, 4.69) is 0 Å². The van der Waals surface area contributed by atoms with Crippen molar-refractivity contribution in [1.82, 2.24) is 4.90 Å². The summed E-state index contributed by atoms with van der Waals surface area (Å²) in [4.78, 5) is 14.4. The maximum atomic E-state index is 12.8. The second-order valence-corrected chi connectivity index (χ2v) is 9.03. The smallest absolute Gasteiger partial charge is 0.247 e. The van der Waals surface area contributed by atoms with Gasteiger partial charge in [-0.25, -0.2) is 8.42 Å². The number of hydrogen-bond acceptors (Lipinski definition) is 4. The Labute approximate surface area is 158 Å². The largest absolute Gasteiger partial charge is 0.464 e. The van der Waals surface area contributed by atoms with Gasteiger partial charge in [0.2, 0.25) is 5.91 Å². The first kappa shape index (κ1) is 18.7. The number of amides is 1. The Morgan fingerprint density at radius 2 is 2.08 bits per heavy atom. The van der Waals surface area contributed by atoms with E-state index in [1.807, 2.05) is 31.2 Å². The predicted molar refractivity (Wildman–Crippen MR) is 102 cm³/mol. The summed E-state index contributed by atoms with van der Waals surface area (Å²) in [6.45, 7) is 2.06. The molecule has 2 heterocycles. The van der Waals surface area contributed by atoms with Crippen molar-refractivity contribution in [3.05, 3.63) is 64.6 Å². The van der Waals surface area contributed by atoms with Crippen LogP contribution < -0.4 is 0 Å². The molecule has 1 aliphatic heterocycles. The quantitative estimate of drug-likeness (QED) is 0.729. The Balaban J connectivity index is 1.82. The Bertz CT molecular complexity index is 933. The van der Waals surface area contributed by atoms with Crippen molar-refractivity contribution >= 4 is 33.4 Å². The number of furan rings is 1. The molecule has 26 heavy (non-hydrogen) atoms. The zero-order chi connectivity index (χ0) is 18.7. The number of nitrogens with zero attached hydrogens (tertiary/aromatic N) is 1. The van der Waals surface area contributed by atoms with Crippen LogP contribution >= 0.6 is 11.6 Å². The second kappa shape index (κ2) is 7.68. The van der Waals surface area contributed by atoms with Gasteiger partial charge in [-0.05, 0) is 43.2 Å². The Morgan fingerprint density at radius 3 is 2.69 bits per heavy atom. The van der Waals surface area contributed by atoms with E-state index in [0.717, 1.165) is 11.3 Å². The van der Waals surface area contributed by atoms with Crippen LogP contribution in [0.25, 0.3) is 6.08 Å². The number of sulfone groups is 1. The normalized spacial score (nSPS) is 19.1. The first-order chi connectivity index (χ1) is 12.3. The van der Waals surface area contributed by atoms with E-state index in [1.165, 1.54) is 6.08 Å². The minimum absolute atomic E-state index is 0.0155. The van der Waals surface area contributed by atoms with Gasteiger partial charge in [-0.1, -0.05) is 29.8 Å². The topological polar surface area (TPSA) is 67.6 Å². The van der Waals surface area contributed by atoms with Crippen LogP contribution in [0.3, 0.4) is 0 Å². The van der Waals surface area contributed by atoms with Gasteiger partial charge in [0.05, 0.1) is 18.1 Å². The molecule has 7 heteroatoms. The molecule has 0 saturated carbocycles. The third-order valence-corrected chi connectivity index (χ3v) is 6.46. The highest BCUT2D eigenvalue weighted by Crippen LogP contribution is 2.22. The average molecular weight is 394 g/mol. The molecule has 2 aromatic rings. The number of carbonyl (C=O) groups is 1. The number of halogens is 1. The van der Waals surface area contributed by atoms with Crippen LogP contribution in [-0.4, -0.2) is 36.8 Å². The maximum absolute atomic E-state index is 12.8. The minimum Gasteiger partial charge on any atom is -0.464 e. The first-order valence-electron chi connectivity index (χ1n) is 8.33. The van der Waals surface area contributed by atoms with Crippen molar-refractivity contribution in [3.8, 4) is 0 Å². The van der Waals surface area contributed by atoms with Gasteiger partial charge in [0, 0.05) is 17.1 Å². The zero-order valence-corrected chi connectivity index (χ0v) is 16.0. The molecular weight excluding hydrogens is 374 g/mol. The van der Waals surface area contributed by atoms with Crippen LogP contribution in [0.2, 0.25) is 5.02 Å². The van der Waals surface area contributed by atoms with Crippen LogP contribution in [0.5, 0.6) is 0 Å². The molecule has 1 aliphatic rings. The van der Waals surface area contributed by atoms with E-state index >= 15 is 0 Å². The summed E-state index contributed by atoms with van der Waals surface area (Å²) in [5, 5.41) is 0.549. The number of hydrogen-bond donors (Lipinski definition) is 0. The molecule has 0 aliphatic carbocycles. The lowest BCUT2D eigenvalue weighted by Gasteiger charge is -2.26. The average Bonchev–Trinajstić information content (AvgIpc) is 3.16. The monoisotopic (exact) mass is 393 g/mol. The number of rotatable bonds is 5. The molecule has 1 fully saturated rings. The maximum Gasteiger partial charge on any atom is 0.247 e. The molecule has 1 saturated heterocycles. The lowest BCUT2D eigenvalue weighted by atomic mass is 10.1. The fraction of sp³-hybridized carbons (Fsp3) is 0.316. The molecule has 0 bridgehead atoms. The molecule has 0 radical (unpaired) electrons. The zero-order valence-electron chi connectivity index (χ0n) is 14.4. The van der Waals surface area contributed by atoms with Gasteiger partial charge in [0.25, 0.3) is 0 Å².